The maximum atomic E-state index is 13.0. The molecule has 0 unspecified atom stereocenters. The highest BCUT2D eigenvalue weighted by molar-refractivity contribution is 5.77. The number of furan rings is 1. The predicted octanol–water partition coefficient (Wildman–Crippen LogP) is 3.60. The van der Waals surface area contributed by atoms with Gasteiger partial charge in [-0.05, 0) is 31.0 Å². The number of halogens is 1. The van der Waals surface area contributed by atoms with Crippen LogP contribution in [0.5, 0.6) is 0 Å². The Balaban J connectivity index is 1.72. The molecule has 1 aromatic carbocycles. The van der Waals surface area contributed by atoms with Gasteiger partial charge in [0.05, 0.1) is 6.54 Å². The summed E-state index contributed by atoms with van der Waals surface area (Å²) in [5.74, 6) is 0.639. The van der Waals surface area contributed by atoms with Crippen molar-refractivity contribution in [1.29, 1.82) is 0 Å². The van der Waals surface area contributed by atoms with Crippen molar-refractivity contribution in [3.63, 3.8) is 0 Å². The monoisotopic (exact) mass is 233 g/mol. The lowest BCUT2D eigenvalue weighted by Crippen LogP contribution is -2.24. The van der Waals surface area contributed by atoms with Crippen LogP contribution >= 0.6 is 0 Å². The Morgan fingerprint density at radius 2 is 2.06 bits per heavy atom. The Labute approximate surface area is 99.8 Å². The summed E-state index contributed by atoms with van der Waals surface area (Å²) in [6, 6.07) is 7.27. The van der Waals surface area contributed by atoms with E-state index in [0.29, 0.717) is 11.6 Å². The van der Waals surface area contributed by atoms with Crippen LogP contribution in [-0.2, 0) is 6.54 Å². The van der Waals surface area contributed by atoms with E-state index in [1.807, 2.05) is 6.07 Å². The molecule has 1 N–H and O–H groups in total. The molecule has 0 saturated heterocycles. The maximum Gasteiger partial charge on any atom is 0.137 e. The van der Waals surface area contributed by atoms with Gasteiger partial charge in [-0.1, -0.05) is 12.8 Å². The molecule has 0 spiro atoms. The zero-order chi connectivity index (χ0) is 11.7. The summed E-state index contributed by atoms with van der Waals surface area (Å²) in [5.41, 5.74) is 0.633. The normalized spacial score (nSPS) is 17.0. The maximum absolute atomic E-state index is 13.0. The lowest BCUT2D eigenvalue weighted by molar-refractivity contribution is 0.462. The zero-order valence-corrected chi connectivity index (χ0v) is 9.71. The fraction of sp³-hybridized carbons (Fsp3) is 0.429. The summed E-state index contributed by atoms with van der Waals surface area (Å²) >= 11 is 0. The summed E-state index contributed by atoms with van der Waals surface area (Å²) < 4.78 is 18.6. The van der Waals surface area contributed by atoms with Gasteiger partial charge in [-0.25, -0.2) is 4.39 Å². The summed E-state index contributed by atoms with van der Waals surface area (Å²) in [6.45, 7) is 0.737. The van der Waals surface area contributed by atoms with Gasteiger partial charge in [0, 0.05) is 17.5 Å². The van der Waals surface area contributed by atoms with Gasteiger partial charge in [0.1, 0.15) is 17.2 Å². The third-order valence-electron chi connectivity index (χ3n) is 3.45. The highest BCUT2D eigenvalue weighted by Gasteiger charge is 2.14. The van der Waals surface area contributed by atoms with Gasteiger partial charge in [-0.3, -0.25) is 0 Å². The Morgan fingerprint density at radius 1 is 1.24 bits per heavy atom. The summed E-state index contributed by atoms with van der Waals surface area (Å²) in [6.07, 6.45) is 5.16. The van der Waals surface area contributed by atoms with E-state index in [4.69, 9.17) is 4.42 Å². The smallest absolute Gasteiger partial charge is 0.137 e. The molecule has 1 aromatic heterocycles. The topological polar surface area (TPSA) is 25.2 Å². The van der Waals surface area contributed by atoms with Crippen molar-refractivity contribution in [2.45, 2.75) is 38.3 Å². The van der Waals surface area contributed by atoms with Gasteiger partial charge in [0.25, 0.3) is 0 Å². The largest absolute Gasteiger partial charge is 0.460 e. The van der Waals surface area contributed by atoms with Crippen LogP contribution in [-0.4, -0.2) is 6.04 Å². The first-order chi connectivity index (χ1) is 8.31. The van der Waals surface area contributed by atoms with E-state index in [-0.39, 0.29) is 5.82 Å². The summed E-state index contributed by atoms with van der Waals surface area (Å²) in [7, 11) is 0. The molecule has 1 saturated carbocycles. The highest BCUT2D eigenvalue weighted by atomic mass is 19.1. The molecule has 17 heavy (non-hydrogen) atoms. The van der Waals surface area contributed by atoms with Crippen LogP contribution in [0, 0.1) is 5.82 Å². The lowest BCUT2D eigenvalue weighted by atomic mass is 10.2. The van der Waals surface area contributed by atoms with Crippen LogP contribution in [0.25, 0.3) is 11.0 Å². The molecule has 3 rings (SSSR count). The zero-order valence-electron chi connectivity index (χ0n) is 9.71. The number of hydrogen-bond acceptors (Lipinski definition) is 2. The van der Waals surface area contributed by atoms with Crippen molar-refractivity contribution in [2.75, 3.05) is 0 Å². The molecule has 0 radical (unpaired) electrons. The third-order valence-corrected chi connectivity index (χ3v) is 3.45. The first-order valence-corrected chi connectivity index (χ1v) is 6.22. The molecule has 1 fully saturated rings. The number of hydrogen-bond donors (Lipinski definition) is 1. The second-order valence-electron chi connectivity index (χ2n) is 4.76. The van der Waals surface area contributed by atoms with Crippen molar-refractivity contribution >= 4 is 11.0 Å². The van der Waals surface area contributed by atoms with E-state index < -0.39 is 0 Å². The predicted molar refractivity (Wildman–Crippen MR) is 65.3 cm³/mol. The Kier molecular flexibility index (Phi) is 2.85. The molecular weight excluding hydrogens is 217 g/mol. The molecule has 1 aliphatic carbocycles. The average Bonchev–Trinajstić information content (AvgIpc) is 2.94. The third kappa shape index (κ3) is 2.34. The van der Waals surface area contributed by atoms with Crippen molar-refractivity contribution in [1.82, 2.24) is 5.32 Å². The van der Waals surface area contributed by atoms with Gasteiger partial charge in [0.2, 0.25) is 0 Å². The van der Waals surface area contributed by atoms with E-state index in [1.54, 1.807) is 6.07 Å². The van der Waals surface area contributed by atoms with E-state index in [0.717, 1.165) is 17.7 Å². The van der Waals surface area contributed by atoms with E-state index >= 15 is 0 Å². The summed E-state index contributed by atoms with van der Waals surface area (Å²) in [5, 5.41) is 4.45. The quantitative estimate of drug-likeness (QED) is 0.876. The molecule has 3 heteroatoms. The van der Waals surface area contributed by atoms with Crippen LogP contribution in [0.1, 0.15) is 31.4 Å². The Hall–Kier alpha value is -1.35. The molecule has 0 bridgehead atoms. The van der Waals surface area contributed by atoms with Gasteiger partial charge < -0.3 is 9.73 Å². The van der Waals surface area contributed by atoms with Crippen LogP contribution in [0.2, 0.25) is 0 Å². The van der Waals surface area contributed by atoms with Crippen LogP contribution < -0.4 is 5.32 Å². The standard InChI is InChI=1S/C14H16FNO/c15-11-6-5-10-7-13(17-14(10)8-11)9-16-12-3-1-2-4-12/h5-8,12,16H,1-4,9H2. The fourth-order valence-corrected chi connectivity index (χ4v) is 2.52. The number of benzene rings is 1. The molecule has 0 atom stereocenters. The van der Waals surface area contributed by atoms with Gasteiger partial charge >= 0.3 is 0 Å². The van der Waals surface area contributed by atoms with E-state index in [9.17, 15) is 4.39 Å². The minimum Gasteiger partial charge on any atom is -0.460 e. The van der Waals surface area contributed by atoms with Crippen LogP contribution in [0.4, 0.5) is 4.39 Å². The number of nitrogens with one attached hydrogen (secondary N) is 1. The number of fused-ring (bicyclic) bond motifs is 1. The highest BCUT2D eigenvalue weighted by Crippen LogP contribution is 2.22. The first-order valence-electron chi connectivity index (χ1n) is 6.22. The SMILES string of the molecule is Fc1ccc2cc(CNC3CCCC3)oc2c1. The molecule has 0 aliphatic heterocycles. The van der Waals surface area contributed by atoms with Crippen LogP contribution in [0.3, 0.4) is 0 Å². The Bertz CT molecular complexity index is 514. The van der Waals surface area contributed by atoms with Crippen molar-refractivity contribution in [2.24, 2.45) is 0 Å². The molecule has 2 aromatic rings. The average molecular weight is 233 g/mol. The lowest BCUT2D eigenvalue weighted by Gasteiger charge is -2.09. The molecular formula is C14H16FNO. The van der Waals surface area contributed by atoms with Crippen molar-refractivity contribution in [3.05, 3.63) is 35.8 Å². The molecule has 1 aliphatic rings. The second kappa shape index (κ2) is 4.49. The molecule has 90 valence electrons. The van der Waals surface area contributed by atoms with Gasteiger partial charge in [-0.2, -0.15) is 0 Å². The summed E-state index contributed by atoms with van der Waals surface area (Å²) in [4.78, 5) is 0. The van der Waals surface area contributed by atoms with E-state index in [2.05, 4.69) is 5.32 Å². The molecule has 1 heterocycles. The van der Waals surface area contributed by atoms with Gasteiger partial charge in [0.15, 0.2) is 0 Å². The number of rotatable bonds is 3. The Morgan fingerprint density at radius 3 is 2.88 bits per heavy atom. The first kappa shape index (κ1) is 10.8. The second-order valence-corrected chi connectivity index (χ2v) is 4.76. The molecule has 2 nitrogen and oxygen atoms in total. The minimum absolute atomic E-state index is 0.248. The molecule has 0 amide bonds. The fourth-order valence-electron chi connectivity index (χ4n) is 2.52. The van der Waals surface area contributed by atoms with Crippen molar-refractivity contribution in [3.8, 4) is 0 Å². The minimum atomic E-state index is -0.248. The van der Waals surface area contributed by atoms with Gasteiger partial charge in [-0.15, -0.1) is 0 Å². The van der Waals surface area contributed by atoms with Crippen LogP contribution in [0.15, 0.2) is 28.7 Å². The van der Waals surface area contributed by atoms with E-state index in [1.165, 1.54) is 37.8 Å². The van der Waals surface area contributed by atoms with Crippen molar-refractivity contribution < 1.29 is 8.81 Å².